The van der Waals surface area contributed by atoms with Gasteiger partial charge in [-0.05, 0) is 55.7 Å². The van der Waals surface area contributed by atoms with Crippen molar-refractivity contribution in [2.75, 3.05) is 14.1 Å². The molecule has 0 fully saturated rings. The number of hydrogen-bond acceptors (Lipinski definition) is 1. The van der Waals surface area contributed by atoms with Gasteiger partial charge in [0.2, 0.25) is 5.91 Å². The summed E-state index contributed by atoms with van der Waals surface area (Å²) in [5, 5.41) is 0. The van der Waals surface area contributed by atoms with Crippen molar-refractivity contribution in [1.29, 1.82) is 0 Å². The number of rotatable bonds is 7. The standard InChI is InChI=1S/C20H31NO/c1-15(13-19-12-11-16(2)18(4)14-19)9-7-8-10-17(3)20(22)21(5)6/h7-8,11-12,14-15,17H,9-10,13H2,1-6H3/b8-7+. The van der Waals surface area contributed by atoms with E-state index >= 15 is 0 Å². The summed E-state index contributed by atoms with van der Waals surface area (Å²) in [6.07, 6.45) is 7.38. The summed E-state index contributed by atoms with van der Waals surface area (Å²) in [6, 6.07) is 6.75. The third-order valence-electron chi connectivity index (χ3n) is 4.21. The van der Waals surface area contributed by atoms with Crippen LogP contribution in [0.4, 0.5) is 0 Å². The summed E-state index contributed by atoms with van der Waals surface area (Å²) in [5.74, 6) is 0.896. The molecule has 0 aliphatic heterocycles. The molecule has 1 rings (SSSR count). The first-order valence-electron chi connectivity index (χ1n) is 8.23. The summed E-state index contributed by atoms with van der Waals surface area (Å²) in [7, 11) is 3.63. The molecule has 0 aliphatic carbocycles. The molecule has 0 radical (unpaired) electrons. The molecule has 122 valence electrons. The molecule has 1 aromatic rings. The normalized spacial score (nSPS) is 14.1. The van der Waals surface area contributed by atoms with Crippen molar-refractivity contribution >= 4 is 5.91 Å². The Morgan fingerprint density at radius 1 is 1.09 bits per heavy atom. The maximum absolute atomic E-state index is 11.8. The quantitative estimate of drug-likeness (QED) is 0.677. The molecule has 2 unspecified atom stereocenters. The predicted octanol–water partition coefficient (Wildman–Crippen LogP) is 4.54. The molecule has 22 heavy (non-hydrogen) atoms. The van der Waals surface area contributed by atoms with E-state index in [1.54, 1.807) is 4.90 Å². The van der Waals surface area contributed by atoms with Gasteiger partial charge in [-0.25, -0.2) is 0 Å². The smallest absolute Gasteiger partial charge is 0.225 e. The fourth-order valence-corrected chi connectivity index (χ4v) is 2.59. The van der Waals surface area contributed by atoms with Gasteiger partial charge in [0, 0.05) is 20.0 Å². The van der Waals surface area contributed by atoms with E-state index in [9.17, 15) is 4.79 Å². The van der Waals surface area contributed by atoms with Crippen molar-refractivity contribution in [2.24, 2.45) is 11.8 Å². The van der Waals surface area contributed by atoms with Crippen molar-refractivity contribution in [1.82, 2.24) is 4.90 Å². The van der Waals surface area contributed by atoms with Crippen molar-refractivity contribution < 1.29 is 4.79 Å². The topological polar surface area (TPSA) is 20.3 Å². The fourth-order valence-electron chi connectivity index (χ4n) is 2.59. The van der Waals surface area contributed by atoms with Crippen LogP contribution >= 0.6 is 0 Å². The molecule has 2 heteroatoms. The van der Waals surface area contributed by atoms with E-state index in [4.69, 9.17) is 0 Å². The van der Waals surface area contributed by atoms with Gasteiger partial charge in [0.1, 0.15) is 0 Å². The maximum atomic E-state index is 11.8. The number of hydrogen-bond donors (Lipinski definition) is 0. The van der Waals surface area contributed by atoms with Crippen LogP contribution in [0.25, 0.3) is 0 Å². The van der Waals surface area contributed by atoms with Crippen LogP contribution in [0, 0.1) is 25.7 Å². The van der Waals surface area contributed by atoms with Crippen LogP contribution in [0.1, 0.15) is 43.4 Å². The van der Waals surface area contributed by atoms with Gasteiger partial charge in [-0.2, -0.15) is 0 Å². The van der Waals surface area contributed by atoms with Crippen molar-refractivity contribution in [3.8, 4) is 0 Å². The number of allylic oxidation sites excluding steroid dienone is 2. The number of carbonyl (C=O) groups is 1. The Kier molecular flexibility index (Phi) is 7.37. The summed E-state index contributed by atoms with van der Waals surface area (Å²) >= 11 is 0. The molecule has 1 amide bonds. The Bertz CT molecular complexity index is 516. The number of nitrogens with zero attached hydrogens (tertiary/aromatic N) is 1. The lowest BCUT2D eigenvalue weighted by atomic mass is 9.95. The largest absolute Gasteiger partial charge is 0.349 e. The van der Waals surface area contributed by atoms with Gasteiger partial charge in [0.05, 0.1) is 0 Å². The van der Waals surface area contributed by atoms with Crippen molar-refractivity contribution in [3.05, 3.63) is 47.0 Å². The monoisotopic (exact) mass is 301 g/mol. The van der Waals surface area contributed by atoms with Gasteiger partial charge in [-0.3, -0.25) is 4.79 Å². The van der Waals surface area contributed by atoms with Crippen LogP contribution in [0.15, 0.2) is 30.4 Å². The van der Waals surface area contributed by atoms with Gasteiger partial charge in [0.15, 0.2) is 0 Å². The molecular formula is C20H31NO. The second-order valence-electron chi connectivity index (χ2n) is 6.80. The number of carbonyl (C=O) groups excluding carboxylic acids is 1. The lowest BCUT2D eigenvalue weighted by Gasteiger charge is -2.15. The Labute approximate surface area is 136 Å². The highest BCUT2D eigenvalue weighted by molar-refractivity contribution is 5.78. The van der Waals surface area contributed by atoms with Crippen molar-refractivity contribution in [3.63, 3.8) is 0 Å². The van der Waals surface area contributed by atoms with Crippen molar-refractivity contribution in [2.45, 2.75) is 47.0 Å². The highest BCUT2D eigenvalue weighted by Gasteiger charge is 2.12. The molecule has 1 aromatic carbocycles. The second-order valence-corrected chi connectivity index (χ2v) is 6.80. The Hall–Kier alpha value is -1.57. The SMILES string of the molecule is Cc1ccc(CC(C)C/C=C/CC(C)C(=O)N(C)C)cc1C. The number of amides is 1. The van der Waals surface area contributed by atoms with Gasteiger partial charge >= 0.3 is 0 Å². The highest BCUT2D eigenvalue weighted by Crippen LogP contribution is 2.16. The fraction of sp³-hybridized carbons (Fsp3) is 0.550. The van der Waals surface area contributed by atoms with Gasteiger partial charge in [-0.1, -0.05) is 44.2 Å². The average molecular weight is 301 g/mol. The first-order valence-corrected chi connectivity index (χ1v) is 8.23. The summed E-state index contributed by atoms with van der Waals surface area (Å²) < 4.78 is 0. The Morgan fingerprint density at radius 2 is 1.73 bits per heavy atom. The molecule has 0 aromatic heterocycles. The molecule has 0 N–H and O–H groups in total. The minimum Gasteiger partial charge on any atom is -0.349 e. The molecule has 2 nitrogen and oxygen atoms in total. The van der Waals surface area contributed by atoms with Gasteiger partial charge in [0.25, 0.3) is 0 Å². The zero-order chi connectivity index (χ0) is 16.7. The third kappa shape index (κ3) is 6.05. The Balaban J connectivity index is 2.39. The van der Waals surface area contributed by atoms with E-state index in [1.165, 1.54) is 16.7 Å². The van der Waals surface area contributed by atoms with Crippen LogP contribution in [0.2, 0.25) is 0 Å². The number of aryl methyl sites for hydroxylation is 2. The molecule has 0 saturated heterocycles. The molecule has 2 atom stereocenters. The summed E-state index contributed by atoms with van der Waals surface area (Å²) in [4.78, 5) is 13.4. The number of benzene rings is 1. The average Bonchev–Trinajstić information content (AvgIpc) is 2.46. The molecule has 0 aliphatic rings. The summed E-state index contributed by atoms with van der Waals surface area (Å²) in [6.45, 7) is 8.60. The molecule has 0 heterocycles. The van der Waals surface area contributed by atoms with Gasteiger partial charge < -0.3 is 4.90 Å². The third-order valence-corrected chi connectivity index (χ3v) is 4.21. The van der Waals surface area contributed by atoms with Gasteiger partial charge in [-0.15, -0.1) is 0 Å². The van der Waals surface area contributed by atoms with Crippen LogP contribution < -0.4 is 0 Å². The lowest BCUT2D eigenvalue weighted by Crippen LogP contribution is -2.27. The van der Waals surface area contributed by atoms with E-state index in [2.05, 4.69) is 51.1 Å². The van der Waals surface area contributed by atoms with Crippen LogP contribution in [0.5, 0.6) is 0 Å². The van der Waals surface area contributed by atoms with E-state index in [-0.39, 0.29) is 11.8 Å². The first-order chi connectivity index (χ1) is 10.3. The zero-order valence-electron chi connectivity index (χ0n) is 15.0. The minimum absolute atomic E-state index is 0.0707. The predicted molar refractivity (Wildman–Crippen MR) is 95.0 cm³/mol. The second kappa shape index (κ2) is 8.77. The molecule has 0 bridgehead atoms. The molecule has 0 saturated carbocycles. The highest BCUT2D eigenvalue weighted by atomic mass is 16.2. The maximum Gasteiger partial charge on any atom is 0.225 e. The molecular weight excluding hydrogens is 270 g/mol. The lowest BCUT2D eigenvalue weighted by molar-refractivity contribution is -0.132. The van der Waals surface area contributed by atoms with Crippen LogP contribution in [0.3, 0.4) is 0 Å². The molecule has 0 spiro atoms. The van der Waals surface area contributed by atoms with E-state index < -0.39 is 0 Å². The first kappa shape index (κ1) is 18.5. The van der Waals surface area contributed by atoms with Crippen LogP contribution in [-0.4, -0.2) is 24.9 Å². The Morgan fingerprint density at radius 3 is 2.32 bits per heavy atom. The summed E-state index contributed by atoms with van der Waals surface area (Å²) in [5.41, 5.74) is 4.15. The van der Waals surface area contributed by atoms with E-state index in [1.807, 2.05) is 21.0 Å². The van der Waals surface area contributed by atoms with E-state index in [0.29, 0.717) is 5.92 Å². The minimum atomic E-state index is 0.0707. The van der Waals surface area contributed by atoms with Crippen LogP contribution in [-0.2, 0) is 11.2 Å². The van der Waals surface area contributed by atoms with E-state index in [0.717, 1.165) is 19.3 Å². The zero-order valence-corrected chi connectivity index (χ0v) is 15.0.